The van der Waals surface area contributed by atoms with Crippen LogP contribution < -0.4 is 0 Å². The Morgan fingerprint density at radius 1 is 1.60 bits per heavy atom. The molecule has 0 saturated heterocycles. The molecule has 10 heavy (non-hydrogen) atoms. The maximum atomic E-state index is 10.2. The van der Waals surface area contributed by atoms with Gasteiger partial charge >= 0.3 is 5.97 Å². The summed E-state index contributed by atoms with van der Waals surface area (Å²) in [5, 5.41) is 8.68. The van der Waals surface area contributed by atoms with Crippen LogP contribution in [-0.4, -0.2) is 11.1 Å². The minimum Gasteiger partial charge on any atom is -0.478 e. The van der Waals surface area contributed by atoms with Crippen molar-refractivity contribution in [2.45, 2.75) is 13.8 Å². The summed E-state index contributed by atoms with van der Waals surface area (Å²) in [4.78, 5) is 10.2. The van der Waals surface area contributed by atoms with Crippen molar-refractivity contribution in [1.29, 1.82) is 0 Å². The fourth-order valence-corrected chi connectivity index (χ4v) is 0.580. The van der Waals surface area contributed by atoms with Crippen molar-refractivity contribution >= 4 is 17.6 Å². The third-order valence-electron chi connectivity index (χ3n) is 0.992. The number of carboxylic acid groups (broad SMARTS) is 1. The molecule has 0 heterocycles. The second kappa shape index (κ2) is 4.12. The highest BCUT2D eigenvalue weighted by atomic mass is 35.5. The highest BCUT2D eigenvalue weighted by molar-refractivity contribution is 6.33. The molecule has 2 nitrogen and oxygen atoms in total. The first kappa shape index (κ1) is 9.24. The molecule has 0 aromatic carbocycles. The lowest BCUT2D eigenvalue weighted by Crippen LogP contribution is -1.96. The van der Waals surface area contributed by atoms with Crippen molar-refractivity contribution in [3.8, 4) is 0 Å². The highest BCUT2D eigenvalue weighted by Crippen LogP contribution is 2.10. The van der Waals surface area contributed by atoms with Crippen LogP contribution in [0.4, 0.5) is 0 Å². The summed E-state index contributed by atoms with van der Waals surface area (Å²) in [6.45, 7) is 3.24. The molecule has 1 N–H and O–H groups in total. The fraction of sp³-hybridized carbons (Fsp3) is 0.286. The number of allylic oxidation sites excluding steroid dienone is 3. The highest BCUT2D eigenvalue weighted by Gasteiger charge is 2.02. The molecule has 0 saturated carbocycles. The summed E-state index contributed by atoms with van der Waals surface area (Å²) in [6.07, 6.45) is 3.24. The zero-order valence-electron chi connectivity index (χ0n) is 5.89. The van der Waals surface area contributed by atoms with E-state index in [2.05, 4.69) is 0 Å². The van der Waals surface area contributed by atoms with Gasteiger partial charge in [-0.2, -0.15) is 0 Å². The van der Waals surface area contributed by atoms with Crippen LogP contribution in [0.25, 0.3) is 0 Å². The summed E-state index contributed by atoms with van der Waals surface area (Å²) in [7, 11) is 0. The zero-order chi connectivity index (χ0) is 8.15. The van der Waals surface area contributed by atoms with Crippen molar-refractivity contribution in [2.75, 3.05) is 0 Å². The Balaban J connectivity index is 4.50. The second-order valence-corrected chi connectivity index (χ2v) is 2.19. The maximum Gasteiger partial charge on any atom is 0.332 e. The standard InChI is InChI=1S/C7H9ClO2/c1-3-4-6(8)5(2)7(9)10/h3-4H,1-2H3,(H,9,10)/b4-3-,6-5-. The van der Waals surface area contributed by atoms with Crippen LogP contribution in [-0.2, 0) is 4.79 Å². The minimum atomic E-state index is -0.983. The summed E-state index contributed by atoms with van der Waals surface area (Å²) >= 11 is 5.54. The van der Waals surface area contributed by atoms with Crippen LogP contribution in [0.2, 0.25) is 0 Å². The number of aliphatic carboxylic acids is 1. The van der Waals surface area contributed by atoms with Crippen LogP contribution in [0.5, 0.6) is 0 Å². The maximum absolute atomic E-state index is 10.2. The van der Waals surface area contributed by atoms with Crippen molar-refractivity contribution < 1.29 is 9.90 Å². The van der Waals surface area contributed by atoms with E-state index in [1.807, 2.05) is 0 Å². The van der Waals surface area contributed by atoms with E-state index in [1.165, 1.54) is 6.92 Å². The lowest BCUT2D eigenvalue weighted by atomic mass is 10.3. The lowest BCUT2D eigenvalue weighted by molar-refractivity contribution is -0.132. The van der Waals surface area contributed by atoms with Crippen LogP contribution >= 0.6 is 11.6 Å². The zero-order valence-corrected chi connectivity index (χ0v) is 6.64. The first-order valence-electron chi connectivity index (χ1n) is 2.82. The summed E-state index contributed by atoms with van der Waals surface area (Å²) in [5.41, 5.74) is 0.166. The normalized spacial score (nSPS) is 13.5. The molecule has 0 atom stereocenters. The first-order chi connectivity index (χ1) is 4.59. The Bertz CT molecular complexity index is 192. The van der Waals surface area contributed by atoms with Crippen LogP contribution in [0, 0.1) is 0 Å². The molecule has 0 spiro atoms. The topological polar surface area (TPSA) is 37.3 Å². The molecular formula is C7H9ClO2. The first-order valence-corrected chi connectivity index (χ1v) is 3.19. The van der Waals surface area contributed by atoms with Crippen molar-refractivity contribution in [2.24, 2.45) is 0 Å². The van der Waals surface area contributed by atoms with Gasteiger partial charge in [-0.05, 0) is 19.9 Å². The Morgan fingerprint density at radius 2 is 2.10 bits per heavy atom. The number of hydrogen-bond donors (Lipinski definition) is 1. The molecule has 3 heteroatoms. The van der Waals surface area contributed by atoms with E-state index < -0.39 is 5.97 Å². The summed E-state index contributed by atoms with van der Waals surface area (Å²) < 4.78 is 0. The van der Waals surface area contributed by atoms with Gasteiger partial charge in [-0.15, -0.1) is 0 Å². The number of hydrogen-bond acceptors (Lipinski definition) is 1. The molecule has 0 aliphatic carbocycles. The van der Waals surface area contributed by atoms with Crippen LogP contribution in [0.1, 0.15) is 13.8 Å². The average molecular weight is 161 g/mol. The van der Waals surface area contributed by atoms with E-state index in [0.717, 1.165) is 0 Å². The molecule has 0 aliphatic rings. The number of carbonyl (C=O) groups is 1. The predicted octanol–water partition coefficient (Wildman–Crippen LogP) is 2.16. The fourth-order valence-electron chi connectivity index (χ4n) is 0.373. The van der Waals surface area contributed by atoms with Gasteiger partial charge in [0, 0.05) is 0 Å². The lowest BCUT2D eigenvalue weighted by Gasteiger charge is -1.92. The van der Waals surface area contributed by atoms with E-state index >= 15 is 0 Å². The molecule has 0 aromatic heterocycles. The molecular weight excluding hydrogens is 152 g/mol. The quantitative estimate of drug-likeness (QED) is 0.497. The number of rotatable bonds is 2. The molecule has 0 radical (unpaired) electrons. The molecule has 0 bridgehead atoms. The van der Waals surface area contributed by atoms with Gasteiger partial charge in [-0.25, -0.2) is 4.79 Å². The Labute approximate surface area is 64.8 Å². The van der Waals surface area contributed by atoms with Gasteiger partial charge in [0.15, 0.2) is 0 Å². The van der Waals surface area contributed by atoms with Gasteiger partial charge in [0.05, 0.1) is 10.6 Å². The molecule has 0 rings (SSSR count). The predicted molar refractivity (Wildman–Crippen MR) is 41.0 cm³/mol. The average Bonchev–Trinajstić information content (AvgIpc) is 1.87. The Kier molecular flexibility index (Phi) is 3.81. The number of halogens is 1. The smallest absolute Gasteiger partial charge is 0.332 e. The van der Waals surface area contributed by atoms with Gasteiger partial charge in [-0.1, -0.05) is 17.7 Å². The minimum absolute atomic E-state index is 0.166. The van der Waals surface area contributed by atoms with Gasteiger partial charge < -0.3 is 5.11 Å². The Morgan fingerprint density at radius 3 is 2.40 bits per heavy atom. The largest absolute Gasteiger partial charge is 0.478 e. The summed E-state index contributed by atoms with van der Waals surface area (Å²) in [6, 6.07) is 0. The van der Waals surface area contributed by atoms with Crippen LogP contribution in [0.15, 0.2) is 22.8 Å². The van der Waals surface area contributed by atoms with E-state index in [0.29, 0.717) is 0 Å². The van der Waals surface area contributed by atoms with E-state index in [1.54, 1.807) is 19.1 Å². The van der Waals surface area contributed by atoms with E-state index in [9.17, 15) is 4.79 Å². The number of carboxylic acids is 1. The van der Waals surface area contributed by atoms with Gasteiger partial charge in [0.25, 0.3) is 0 Å². The monoisotopic (exact) mass is 160 g/mol. The van der Waals surface area contributed by atoms with Crippen LogP contribution in [0.3, 0.4) is 0 Å². The second-order valence-electron chi connectivity index (χ2n) is 1.78. The van der Waals surface area contributed by atoms with Gasteiger partial charge in [0.1, 0.15) is 0 Å². The third-order valence-corrected chi connectivity index (χ3v) is 1.40. The van der Waals surface area contributed by atoms with Crippen molar-refractivity contribution in [3.05, 3.63) is 22.8 Å². The van der Waals surface area contributed by atoms with Crippen molar-refractivity contribution in [1.82, 2.24) is 0 Å². The van der Waals surface area contributed by atoms with Crippen molar-refractivity contribution in [3.63, 3.8) is 0 Å². The van der Waals surface area contributed by atoms with E-state index in [-0.39, 0.29) is 10.6 Å². The van der Waals surface area contributed by atoms with Gasteiger partial charge in [-0.3, -0.25) is 0 Å². The molecule has 0 fully saturated rings. The Hall–Kier alpha value is -0.760. The molecule has 0 aromatic rings. The molecule has 0 unspecified atom stereocenters. The third kappa shape index (κ3) is 2.69. The SMILES string of the molecule is C/C=C\C(Cl)=C(/C)C(=O)O. The molecule has 0 amide bonds. The molecule has 0 aliphatic heterocycles. The molecule has 56 valence electrons. The summed E-state index contributed by atoms with van der Waals surface area (Å²) in [5.74, 6) is -0.983. The van der Waals surface area contributed by atoms with Gasteiger partial charge in [0.2, 0.25) is 0 Å². The van der Waals surface area contributed by atoms with E-state index in [4.69, 9.17) is 16.7 Å².